The van der Waals surface area contributed by atoms with Crippen LogP contribution < -0.4 is 4.74 Å². The fourth-order valence-corrected chi connectivity index (χ4v) is 2.90. The number of hydrogen-bond acceptors (Lipinski definition) is 5. The maximum absolute atomic E-state index is 12.2. The molecule has 8 heteroatoms. The molecule has 0 saturated heterocycles. The zero-order chi connectivity index (χ0) is 15.6. The van der Waals surface area contributed by atoms with Crippen molar-refractivity contribution < 1.29 is 22.7 Å². The number of ether oxygens (including phenoxy) is 2. The molecule has 21 heavy (non-hydrogen) atoms. The van der Waals surface area contributed by atoms with Gasteiger partial charge in [0.15, 0.2) is 6.10 Å². The molecule has 1 unspecified atom stereocenters. The molecular formula is C13H16ClNO5S. The van der Waals surface area contributed by atoms with Gasteiger partial charge in [-0.2, -0.15) is 0 Å². The maximum Gasteiger partial charge on any atom is 0.263 e. The van der Waals surface area contributed by atoms with Crippen molar-refractivity contribution >= 4 is 25.6 Å². The summed E-state index contributed by atoms with van der Waals surface area (Å²) in [5.41, 5.74) is 0.662. The number of hydrogen-bond donors (Lipinski definition) is 0. The molecule has 0 aliphatic carbocycles. The van der Waals surface area contributed by atoms with Crippen LogP contribution in [0.4, 0.5) is 0 Å². The SMILES string of the molecule is COCCN(C)C(=O)C1Cc2cc(S(=O)(=O)Cl)ccc2O1. The lowest BCUT2D eigenvalue weighted by atomic mass is 10.1. The second-order valence-electron chi connectivity index (χ2n) is 4.77. The molecule has 116 valence electrons. The highest BCUT2D eigenvalue weighted by Crippen LogP contribution is 2.32. The quantitative estimate of drug-likeness (QED) is 0.752. The topological polar surface area (TPSA) is 72.9 Å². The van der Waals surface area contributed by atoms with Crippen molar-refractivity contribution in [1.29, 1.82) is 0 Å². The van der Waals surface area contributed by atoms with Gasteiger partial charge in [0.2, 0.25) is 0 Å². The predicted molar refractivity (Wildman–Crippen MR) is 77.1 cm³/mol. The third-order valence-corrected chi connectivity index (χ3v) is 4.62. The second-order valence-corrected chi connectivity index (χ2v) is 7.34. The number of benzene rings is 1. The third-order valence-electron chi connectivity index (χ3n) is 3.27. The zero-order valence-electron chi connectivity index (χ0n) is 11.7. The molecule has 0 fully saturated rings. The van der Waals surface area contributed by atoms with E-state index in [-0.39, 0.29) is 10.8 Å². The Morgan fingerprint density at radius 1 is 1.52 bits per heavy atom. The molecule has 1 aromatic carbocycles. The van der Waals surface area contributed by atoms with E-state index in [1.54, 1.807) is 14.2 Å². The van der Waals surface area contributed by atoms with E-state index in [0.29, 0.717) is 30.9 Å². The van der Waals surface area contributed by atoms with Crippen molar-refractivity contribution in [2.24, 2.45) is 0 Å². The minimum atomic E-state index is -3.79. The normalized spacial score (nSPS) is 17.2. The van der Waals surface area contributed by atoms with Gasteiger partial charge in [0, 0.05) is 37.8 Å². The molecule has 1 atom stereocenters. The van der Waals surface area contributed by atoms with Gasteiger partial charge in [-0.15, -0.1) is 0 Å². The highest BCUT2D eigenvalue weighted by Gasteiger charge is 2.31. The van der Waals surface area contributed by atoms with E-state index in [9.17, 15) is 13.2 Å². The number of nitrogens with zero attached hydrogens (tertiary/aromatic N) is 1. The summed E-state index contributed by atoms with van der Waals surface area (Å²) in [7, 11) is 4.76. The van der Waals surface area contributed by atoms with Gasteiger partial charge < -0.3 is 14.4 Å². The first-order chi connectivity index (χ1) is 9.82. The number of carbonyl (C=O) groups excluding carboxylic acids is 1. The summed E-state index contributed by atoms with van der Waals surface area (Å²) in [5, 5.41) is 0. The average molecular weight is 334 g/mol. The standard InChI is InChI=1S/C13H16ClNO5S/c1-15(5-6-19-2)13(16)12-8-9-7-10(21(14,17)18)3-4-11(9)20-12/h3-4,7,12H,5-6,8H2,1-2H3. The minimum Gasteiger partial charge on any atom is -0.480 e. The van der Waals surface area contributed by atoms with Crippen LogP contribution in [0.15, 0.2) is 23.1 Å². The first-order valence-electron chi connectivity index (χ1n) is 6.31. The third kappa shape index (κ3) is 3.66. The van der Waals surface area contributed by atoms with E-state index < -0.39 is 15.2 Å². The van der Waals surface area contributed by atoms with Gasteiger partial charge in [-0.05, 0) is 23.8 Å². The van der Waals surface area contributed by atoms with Gasteiger partial charge in [-0.3, -0.25) is 4.79 Å². The Bertz CT molecular complexity index is 646. The molecule has 0 aromatic heterocycles. The van der Waals surface area contributed by atoms with Crippen LogP contribution in [0.2, 0.25) is 0 Å². The Balaban J connectivity index is 2.11. The molecule has 0 radical (unpaired) electrons. The lowest BCUT2D eigenvalue weighted by molar-refractivity contribution is -0.137. The lowest BCUT2D eigenvalue weighted by Gasteiger charge is -2.20. The van der Waals surface area contributed by atoms with Gasteiger partial charge in [-0.25, -0.2) is 8.42 Å². The highest BCUT2D eigenvalue weighted by molar-refractivity contribution is 8.13. The van der Waals surface area contributed by atoms with Crippen LogP contribution >= 0.6 is 10.7 Å². The Kier molecular flexibility index (Phi) is 4.75. The van der Waals surface area contributed by atoms with E-state index in [2.05, 4.69) is 0 Å². The van der Waals surface area contributed by atoms with Gasteiger partial charge >= 0.3 is 0 Å². The maximum atomic E-state index is 12.2. The molecule has 6 nitrogen and oxygen atoms in total. The number of likely N-dealkylation sites (N-methyl/N-ethyl adjacent to an activating group) is 1. The number of carbonyl (C=O) groups is 1. The lowest BCUT2D eigenvalue weighted by Crippen LogP contribution is -2.40. The summed E-state index contributed by atoms with van der Waals surface area (Å²) >= 11 is 0. The summed E-state index contributed by atoms with van der Waals surface area (Å²) in [4.78, 5) is 13.7. The van der Waals surface area contributed by atoms with Gasteiger partial charge in [0.25, 0.3) is 15.0 Å². The van der Waals surface area contributed by atoms with Crippen molar-refractivity contribution in [3.8, 4) is 5.75 Å². The Labute approximate surface area is 128 Å². The number of rotatable bonds is 5. The van der Waals surface area contributed by atoms with E-state index >= 15 is 0 Å². The van der Waals surface area contributed by atoms with Crippen LogP contribution in [0.1, 0.15) is 5.56 Å². The van der Waals surface area contributed by atoms with Crippen LogP contribution in [0.25, 0.3) is 0 Å². The van der Waals surface area contributed by atoms with Gasteiger partial charge in [-0.1, -0.05) is 0 Å². The fourth-order valence-electron chi connectivity index (χ4n) is 2.10. The molecule has 1 aliphatic rings. The molecule has 0 saturated carbocycles. The van der Waals surface area contributed by atoms with Crippen molar-refractivity contribution in [3.63, 3.8) is 0 Å². The summed E-state index contributed by atoms with van der Waals surface area (Å²) in [6, 6.07) is 4.33. The molecule has 1 amide bonds. The Hall–Kier alpha value is -1.31. The molecule has 0 N–H and O–H groups in total. The van der Waals surface area contributed by atoms with Crippen LogP contribution in [0.3, 0.4) is 0 Å². The monoisotopic (exact) mass is 333 g/mol. The molecule has 0 bridgehead atoms. The highest BCUT2D eigenvalue weighted by atomic mass is 35.7. The predicted octanol–water partition coefficient (Wildman–Crippen LogP) is 1.02. The average Bonchev–Trinajstić information content (AvgIpc) is 2.85. The van der Waals surface area contributed by atoms with Gasteiger partial charge in [0.1, 0.15) is 5.75 Å². The Morgan fingerprint density at radius 2 is 2.24 bits per heavy atom. The van der Waals surface area contributed by atoms with E-state index in [1.807, 2.05) is 0 Å². The fraction of sp³-hybridized carbons (Fsp3) is 0.462. The Morgan fingerprint density at radius 3 is 2.86 bits per heavy atom. The van der Waals surface area contributed by atoms with Crippen molar-refractivity contribution in [3.05, 3.63) is 23.8 Å². The second kappa shape index (κ2) is 6.21. The first kappa shape index (κ1) is 16.1. The number of halogens is 1. The molecular weight excluding hydrogens is 318 g/mol. The van der Waals surface area contributed by atoms with Crippen LogP contribution in [0, 0.1) is 0 Å². The summed E-state index contributed by atoms with van der Waals surface area (Å²) in [6.45, 7) is 0.906. The number of amides is 1. The van der Waals surface area contributed by atoms with Crippen molar-refractivity contribution in [2.45, 2.75) is 17.4 Å². The first-order valence-corrected chi connectivity index (χ1v) is 8.62. The zero-order valence-corrected chi connectivity index (χ0v) is 13.3. The van der Waals surface area contributed by atoms with E-state index in [0.717, 1.165) is 0 Å². The number of methoxy groups -OCH3 is 1. The van der Waals surface area contributed by atoms with E-state index in [4.69, 9.17) is 20.2 Å². The molecule has 1 heterocycles. The van der Waals surface area contributed by atoms with Crippen LogP contribution in [-0.2, 0) is 25.0 Å². The molecule has 2 rings (SSSR count). The van der Waals surface area contributed by atoms with Crippen molar-refractivity contribution in [2.75, 3.05) is 27.3 Å². The molecule has 0 spiro atoms. The van der Waals surface area contributed by atoms with Crippen molar-refractivity contribution in [1.82, 2.24) is 4.90 Å². The molecule has 1 aromatic rings. The summed E-state index contributed by atoms with van der Waals surface area (Å²) < 4.78 is 33.1. The molecule has 1 aliphatic heterocycles. The largest absolute Gasteiger partial charge is 0.480 e. The summed E-state index contributed by atoms with van der Waals surface area (Å²) in [5.74, 6) is 0.344. The van der Waals surface area contributed by atoms with Crippen LogP contribution in [-0.4, -0.2) is 52.6 Å². The van der Waals surface area contributed by atoms with Gasteiger partial charge in [0.05, 0.1) is 11.5 Å². The summed E-state index contributed by atoms with van der Waals surface area (Å²) in [6.07, 6.45) is -0.318. The van der Waals surface area contributed by atoms with E-state index in [1.165, 1.54) is 23.1 Å². The minimum absolute atomic E-state index is 0.00681. The number of fused-ring (bicyclic) bond motifs is 1. The van der Waals surface area contributed by atoms with Crippen LogP contribution in [0.5, 0.6) is 5.75 Å². The smallest absolute Gasteiger partial charge is 0.263 e.